The molecule has 0 heterocycles. The van der Waals surface area contributed by atoms with Crippen LogP contribution in [0.3, 0.4) is 0 Å². The van der Waals surface area contributed by atoms with Gasteiger partial charge in [0, 0.05) is 0 Å². The third-order valence-corrected chi connectivity index (χ3v) is 2.07. The van der Waals surface area contributed by atoms with Crippen molar-refractivity contribution in [2.45, 2.75) is 37.4 Å². The number of halogens is 2. The summed E-state index contributed by atoms with van der Waals surface area (Å²) in [6.45, 7) is 2.03. The Bertz CT molecular complexity index is 137. The predicted octanol–water partition coefficient (Wildman–Crippen LogP) is 3.07. The van der Waals surface area contributed by atoms with Crippen LogP contribution in [0.1, 0.15) is 32.6 Å². The summed E-state index contributed by atoms with van der Waals surface area (Å²) in [7, 11) is 0. The quantitative estimate of drug-likeness (QED) is 0.688. The highest BCUT2D eigenvalue weighted by Gasteiger charge is 2.19. The molecule has 1 N–H and O–H groups in total. The van der Waals surface area contributed by atoms with Crippen molar-refractivity contribution in [2.75, 3.05) is 0 Å². The molecule has 0 spiro atoms. The Hall–Kier alpha value is 0.0500. The second-order valence-corrected chi connectivity index (χ2v) is 4.08. The van der Waals surface area contributed by atoms with Crippen LogP contribution in [0.5, 0.6) is 0 Å². The maximum Gasteiger partial charge on any atom is 0.306 e. The first kappa shape index (κ1) is 12.0. The molecule has 0 saturated carbocycles. The van der Waals surface area contributed by atoms with E-state index in [-0.39, 0.29) is 5.92 Å². The van der Waals surface area contributed by atoms with Gasteiger partial charge < -0.3 is 5.11 Å². The van der Waals surface area contributed by atoms with Crippen LogP contribution in [-0.2, 0) is 4.79 Å². The smallest absolute Gasteiger partial charge is 0.306 e. The number of carboxylic acids is 1. The van der Waals surface area contributed by atoms with Gasteiger partial charge in [-0.25, -0.2) is 0 Å². The van der Waals surface area contributed by atoms with Gasteiger partial charge in [0.15, 0.2) is 0 Å². The molecule has 0 aliphatic rings. The topological polar surface area (TPSA) is 37.3 Å². The summed E-state index contributed by atoms with van der Waals surface area (Å²) < 4.78 is 0. The van der Waals surface area contributed by atoms with E-state index in [1.807, 2.05) is 6.92 Å². The molecule has 0 rings (SSSR count). The number of unbranched alkanes of at least 4 members (excludes halogenated alkanes) is 1. The predicted molar refractivity (Wildman–Crippen MR) is 50.8 cm³/mol. The van der Waals surface area contributed by atoms with Gasteiger partial charge in [0.2, 0.25) is 0 Å². The molecular weight excluding hydrogens is 199 g/mol. The van der Waals surface area contributed by atoms with E-state index in [1.165, 1.54) is 0 Å². The molecule has 0 aliphatic heterocycles. The first-order valence-corrected chi connectivity index (χ1v) is 4.96. The minimum absolute atomic E-state index is 0.346. The molecule has 0 fully saturated rings. The van der Waals surface area contributed by atoms with E-state index < -0.39 is 10.8 Å². The molecule has 4 heteroatoms. The van der Waals surface area contributed by atoms with Gasteiger partial charge in [0.1, 0.15) is 4.84 Å². The molecule has 12 heavy (non-hydrogen) atoms. The van der Waals surface area contributed by atoms with Crippen LogP contribution >= 0.6 is 23.2 Å². The first-order chi connectivity index (χ1) is 5.57. The SMILES string of the molecule is CCCCC(CC(Cl)Cl)C(=O)O. The van der Waals surface area contributed by atoms with Crippen molar-refractivity contribution in [3.05, 3.63) is 0 Å². The van der Waals surface area contributed by atoms with Crippen LogP contribution < -0.4 is 0 Å². The number of hydrogen-bond acceptors (Lipinski definition) is 1. The summed E-state index contributed by atoms with van der Waals surface area (Å²) in [4.78, 5) is 10.1. The second-order valence-electron chi connectivity index (χ2n) is 2.80. The molecule has 72 valence electrons. The summed E-state index contributed by atoms with van der Waals surface area (Å²) >= 11 is 11.0. The summed E-state index contributed by atoms with van der Waals surface area (Å²) in [5, 5.41) is 8.73. The van der Waals surface area contributed by atoms with E-state index >= 15 is 0 Å². The number of hydrogen-bond donors (Lipinski definition) is 1. The monoisotopic (exact) mass is 212 g/mol. The minimum atomic E-state index is -0.797. The summed E-state index contributed by atoms with van der Waals surface area (Å²) in [5.74, 6) is -1.18. The first-order valence-electron chi connectivity index (χ1n) is 4.08. The average molecular weight is 213 g/mol. The molecule has 1 unspecified atom stereocenters. The molecule has 0 aliphatic carbocycles. The normalized spacial score (nSPS) is 13.3. The number of carboxylic acid groups (broad SMARTS) is 1. The molecule has 0 aromatic carbocycles. The number of carbonyl (C=O) groups is 1. The largest absolute Gasteiger partial charge is 0.481 e. The van der Waals surface area contributed by atoms with Crippen LogP contribution in [0.2, 0.25) is 0 Å². The van der Waals surface area contributed by atoms with Crippen LogP contribution in [0.25, 0.3) is 0 Å². The van der Waals surface area contributed by atoms with Crippen molar-refractivity contribution < 1.29 is 9.90 Å². The lowest BCUT2D eigenvalue weighted by Gasteiger charge is -2.11. The van der Waals surface area contributed by atoms with E-state index in [9.17, 15) is 4.79 Å². The van der Waals surface area contributed by atoms with Crippen LogP contribution in [0.15, 0.2) is 0 Å². The Balaban J connectivity index is 3.78. The molecule has 1 atom stereocenters. The van der Waals surface area contributed by atoms with Crippen LogP contribution in [-0.4, -0.2) is 15.9 Å². The van der Waals surface area contributed by atoms with E-state index in [2.05, 4.69) is 0 Å². The maximum absolute atomic E-state index is 10.6. The third-order valence-electron chi connectivity index (χ3n) is 1.72. The van der Waals surface area contributed by atoms with E-state index in [4.69, 9.17) is 28.3 Å². The zero-order chi connectivity index (χ0) is 9.56. The van der Waals surface area contributed by atoms with Crippen molar-refractivity contribution in [1.82, 2.24) is 0 Å². The van der Waals surface area contributed by atoms with Crippen molar-refractivity contribution in [3.63, 3.8) is 0 Å². The van der Waals surface area contributed by atoms with Gasteiger partial charge in [-0.05, 0) is 12.8 Å². The Morgan fingerprint density at radius 2 is 2.08 bits per heavy atom. The molecule has 0 radical (unpaired) electrons. The fraction of sp³-hybridized carbons (Fsp3) is 0.875. The van der Waals surface area contributed by atoms with Gasteiger partial charge in [0.25, 0.3) is 0 Å². The van der Waals surface area contributed by atoms with Crippen LogP contribution in [0, 0.1) is 5.92 Å². The standard InChI is InChI=1S/C8H14Cl2O2/c1-2-3-4-6(8(11)12)5-7(9)10/h6-7H,2-5H2,1H3,(H,11,12). The lowest BCUT2D eigenvalue weighted by atomic mass is 10.00. The van der Waals surface area contributed by atoms with E-state index in [0.29, 0.717) is 12.8 Å². The average Bonchev–Trinajstić information content (AvgIpc) is 1.96. The number of rotatable bonds is 6. The zero-order valence-corrected chi connectivity index (χ0v) is 8.61. The fourth-order valence-corrected chi connectivity index (χ4v) is 1.44. The molecular formula is C8H14Cl2O2. The van der Waals surface area contributed by atoms with Crippen molar-refractivity contribution in [1.29, 1.82) is 0 Å². The molecule has 0 saturated heterocycles. The van der Waals surface area contributed by atoms with Gasteiger partial charge in [-0.15, -0.1) is 23.2 Å². The van der Waals surface area contributed by atoms with E-state index in [0.717, 1.165) is 12.8 Å². The third kappa shape index (κ3) is 5.67. The molecule has 2 nitrogen and oxygen atoms in total. The van der Waals surface area contributed by atoms with Gasteiger partial charge in [-0.3, -0.25) is 4.79 Å². The highest BCUT2D eigenvalue weighted by atomic mass is 35.5. The van der Waals surface area contributed by atoms with Crippen molar-refractivity contribution >= 4 is 29.2 Å². The van der Waals surface area contributed by atoms with Gasteiger partial charge in [-0.2, -0.15) is 0 Å². The van der Waals surface area contributed by atoms with E-state index in [1.54, 1.807) is 0 Å². The number of alkyl halides is 2. The highest BCUT2D eigenvalue weighted by molar-refractivity contribution is 6.44. The Morgan fingerprint density at radius 3 is 2.42 bits per heavy atom. The summed E-state index contributed by atoms with van der Waals surface area (Å²) in [5.41, 5.74) is 0. The molecule has 0 amide bonds. The lowest BCUT2D eigenvalue weighted by Crippen LogP contribution is -2.16. The Labute approximate surface area is 82.9 Å². The zero-order valence-electron chi connectivity index (χ0n) is 7.09. The Morgan fingerprint density at radius 1 is 1.50 bits per heavy atom. The number of aliphatic carboxylic acids is 1. The van der Waals surface area contributed by atoms with Crippen molar-refractivity contribution in [2.24, 2.45) is 5.92 Å². The fourth-order valence-electron chi connectivity index (χ4n) is 1.01. The molecule has 0 aromatic rings. The van der Waals surface area contributed by atoms with Gasteiger partial charge in [-0.1, -0.05) is 19.8 Å². The van der Waals surface area contributed by atoms with Gasteiger partial charge in [0.05, 0.1) is 5.92 Å². The molecule has 0 bridgehead atoms. The van der Waals surface area contributed by atoms with Gasteiger partial charge >= 0.3 is 5.97 Å². The van der Waals surface area contributed by atoms with Crippen molar-refractivity contribution in [3.8, 4) is 0 Å². The lowest BCUT2D eigenvalue weighted by molar-refractivity contribution is -0.142. The summed E-state index contributed by atoms with van der Waals surface area (Å²) in [6, 6.07) is 0. The highest BCUT2D eigenvalue weighted by Crippen LogP contribution is 2.20. The Kier molecular flexibility index (Phi) is 6.58. The summed E-state index contributed by atoms with van der Waals surface area (Å²) in [6.07, 6.45) is 2.93. The second kappa shape index (κ2) is 6.55. The minimum Gasteiger partial charge on any atom is -0.481 e. The maximum atomic E-state index is 10.6. The molecule has 0 aromatic heterocycles. The van der Waals surface area contributed by atoms with Crippen LogP contribution in [0.4, 0.5) is 0 Å².